The molecule has 4 rings (SSSR count). The Morgan fingerprint density at radius 3 is 2.74 bits per heavy atom. The number of fused-ring (bicyclic) bond motifs is 1. The van der Waals surface area contributed by atoms with Crippen molar-refractivity contribution in [3.63, 3.8) is 0 Å². The van der Waals surface area contributed by atoms with Gasteiger partial charge in [-0.05, 0) is 37.8 Å². The maximum absolute atomic E-state index is 15.6. The summed E-state index contributed by atoms with van der Waals surface area (Å²) in [4.78, 5) is 25.0. The van der Waals surface area contributed by atoms with Crippen LogP contribution < -0.4 is 14.9 Å². The van der Waals surface area contributed by atoms with Gasteiger partial charge in [-0.1, -0.05) is 18.2 Å². The molecule has 39 heavy (non-hydrogen) atoms. The Kier molecular flexibility index (Phi) is 9.06. The molecule has 12 nitrogen and oxygen atoms in total. The molecule has 3 N–H and O–H groups in total. The third-order valence-electron chi connectivity index (χ3n) is 6.09. The van der Waals surface area contributed by atoms with E-state index in [-0.39, 0.29) is 5.88 Å². The minimum atomic E-state index is -3.49. The fourth-order valence-electron chi connectivity index (χ4n) is 4.06. The van der Waals surface area contributed by atoms with Gasteiger partial charge in [-0.2, -0.15) is 0 Å². The van der Waals surface area contributed by atoms with E-state index in [2.05, 4.69) is 25.4 Å². The number of rotatable bonds is 11. The van der Waals surface area contributed by atoms with Crippen LogP contribution in [0.1, 0.15) is 19.0 Å². The number of ether oxygens (including phenoxy) is 2. The highest BCUT2D eigenvalue weighted by Crippen LogP contribution is 2.49. The molecule has 1 aromatic carbocycles. The molecule has 0 amide bonds. The number of benzene rings is 1. The van der Waals surface area contributed by atoms with Gasteiger partial charge in [0.25, 0.3) is 0 Å². The summed E-state index contributed by atoms with van der Waals surface area (Å²) in [5.74, 6) is 0.323. The zero-order valence-electron chi connectivity index (χ0n) is 21.6. The van der Waals surface area contributed by atoms with E-state index in [1.54, 1.807) is 44.3 Å². The summed E-state index contributed by atoms with van der Waals surface area (Å²) < 4.78 is 39.8. The quantitative estimate of drug-likeness (QED) is 0.169. The monoisotopic (exact) mass is 602 g/mol. The van der Waals surface area contributed by atoms with Crippen LogP contribution in [0, 0.1) is 6.92 Å². The number of hydrogen-bond donors (Lipinski definition) is 3. The van der Waals surface area contributed by atoms with Crippen molar-refractivity contribution in [3.8, 4) is 5.75 Å². The first-order valence-corrected chi connectivity index (χ1v) is 15.0. The topological polar surface area (TPSA) is 142 Å². The van der Waals surface area contributed by atoms with Crippen LogP contribution in [0.25, 0.3) is 11.2 Å². The van der Waals surface area contributed by atoms with E-state index in [1.807, 2.05) is 0 Å². The number of imidazole rings is 1. The molecule has 1 saturated heterocycles. The lowest BCUT2D eigenvalue weighted by Gasteiger charge is -2.33. The van der Waals surface area contributed by atoms with Crippen molar-refractivity contribution < 1.29 is 32.8 Å². The molecule has 1 fully saturated rings. The average Bonchev–Trinajstić information content (AvgIpc) is 3.45. The third kappa shape index (κ3) is 6.02. The Bertz CT molecular complexity index is 1370. The molecule has 1 aliphatic heterocycles. The third-order valence-corrected chi connectivity index (χ3v) is 9.03. The van der Waals surface area contributed by atoms with Crippen LogP contribution in [0.3, 0.4) is 0 Å². The van der Waals surface area contributed by atoms with Gasteiger partial charge in [-0.25, -0.2) is 24.4 Å². The molecule has 2 aromatic heterocycles. The zero-order chi connectivity index (χ0) is 28.4. The highest BCUT2D eigenvalue weighted by Gasteiger charge is 2.57. The number of aryl methyl sites for hydroxylation is 1. The van der Waals surface area contributed by atoms with Crippen LogP contribution >= 0.6 is 18.2 Å². The van der Waals surface area contributed by atoms with E-state index in [9.17, 15) is 9.90 Å². The molecular weight excluding hydrogens is 574 g/mol. The number of methoxy groups -OCH3 is 1. The average molecular weight is 603 g/mol. The van der Waals surface area contributed by atoms with Gasteiger partial charge in [0.2, 0.25) is 0 Å². The van der Waals surface area contributed by atoms with Crippen molar-refractivity contribution in [2.45, 2.75) is 44.0 Å². The van der Waals surface area contributed by atoms with Crippen LogP contribution in [0.5, 0.6) is 5.75 Å². The van der Waals surface area contributed by atoms with Crippen LogP contribution in [0.15, 0.2) is 36.7 Å². The van der Waals surface area contributed by atoms with Crippen molar-refractivity contribution >= 4 is 53.0 Å². The second-order valence-electron chi connectivity index (χ2n) is 8.84. The number of alkyl halides is 2. The maximum atomic E-state index is 15.6. The van der Waals surface area contributed by atoms with Gasteiger partial charge in [0, 0.05) is 7.05 Å². The smallest absolute Gasteiger partial charge is 0.323 e. The lowest BCUT2D eigenvalue weighted by atomic mass is 9.99. The lowest BCUT2D eigenvalue weighted by molar-refractivity contribution is -0.142. The van der Waals surface area contributed by atoms with Gasteiger partial charge < -0.3 is 28.9 Å². The normalized spacial score (nSPS) is 25.3. The van der Waals surface area contributed by atoms with Gasteiger partial charge in [-0.3, -0.25) is 9.36 Å². The summed E-state index contributed by atoms with van der Waals surface area (Å²) in [7, 11) is 2.92. The van der Waals surface area contributed by atoms with Crippen molar-refractivity contribution in [1.82, 2.24) is 24.6 Å². The van der Waals surface area contributed by atoms with Gasteiger partial charge in [0.15, 0.2) is 29.4 Å². The lowest BCUT2D eigenvalue weighted by Crippen LogP contribution is -2.48. The number of nitrogens with one attached hydrogen (secondary N) is 2. The summed E-state index contributed by atoms with van der Waals surface area (Å²) >= 11 is 11.9. The van der Waals surface area contributed by atoms with Crippen LogP contribution in [-0.2, 0) is 30.6 Å². The molecule has 0 unspecified atom stereocenters. The molecule has 6 atom stereocenters. The standard InChI is InChI=1S/C23H29ClFN6O6PS/c1-13(22(33)34-4)30-38(39,37-15-8-6-5-7-9-15)35-11-23(10-24)18(32)16(25)21(36-23)31-12-27-17-19(26-3)28-14(2)29-20(17)31/h5-9,12-13,16,18,21,32H,10-11H2,1-4H3,(H,30,39)(H,26,28,29)/t13-,16+,18-,21+,23+,38-/m0/s1. The predicted octanol–water partition coefficient (Wildman–Crippen LogP) is 2.85. The van der Waals surface area contributed by atoms with Crippen molar-refractivity contribution in [2.75, 3.05) is 32.0 Å². The summed E-state index contributed by atoms with van der Waals surface area (Å²) in [5, 5.41) is 16.8. The first-order valence-electron chi connectivity index (χ1n) is 11.9. The number of aliphatic hydroxyl groups is 1. The molecule has 0 radical (unpaired) electrons. The number of anilines is 1. The van der Waals surface area contributed by atoms with Crippen LogP contribution in [0.2, 0.25) is 0 Å². The summed E-state index contributed by atoms with van der Waals surface area (Å²) in [6, 6.07) is 7.69. The van der Waals surface area contributed by atoms with Crippen molar-refractivity contribution in [3.05, 3.63) is 42.5 Å². The molecular formula is C23H29ClFN6O6PS. The Balaban J connectivity index is 1.62. The fourth-order valence-corrected chi connectivity index (χ4v) is 6.79. The predicted molar refractivity (Wildman–Crippen MR) is 146 cm³/mol. The Hall–Kier alpha value is -2.45. The minimum Gasteiger partial charge on any atom is -0.468 e. The number of esters is 1. The van der Waals surface area contributed by atoms with Crippen molar-refractivity contribution in [2.24, 2.45) is 0 Å². The molecule has 3 heterocycles. The van der Waals surface area contributed by atoms with E-state index >= 15 is 4.39 Å². The SMILES string of the molecule is CNc1nc(C)nc2c1ncn2[C@@H]1O[C@](CCl)(CO[P@@](=S)(N[C@@H](C)C(=O)OC)Oc2ccccc2)[C@@H](O)[C@H]1F. The second-order valence-corrected chi connectivity index (χ2v) is 12.2. The number of para-hydroxylation sites is 1. The first-order chi connectivity index (χ1) is 18.6. The number of halogens is 2. The van der Waals surface area contributed by atoms with E-state index in [0.29, 0.717) is 28.6 Å². The van der Waals surface area contributed by atoms with E-state index < -0.39 is 49.4 Å². The Morgan fingerprint density at radius 1 is 1.38 bits per heavy atom. The summed E-state index contributed by atoms with van der Waals surface area (Å²) in [6.07, 6.45) is -3.60. The number of carbonyl (C=O) groups is 1. The number of aliphatic hydroxyl groups excluding tert-OH is 1. The highest BCUT2D eigenvalue weighted by molar-refractivity contribution is 8.09. The molecule has 0 bridgehead atoms. The molecule has 0 saturated carbocycles. The second kappa shape index (κ2) is 12.0. The van der Waals surface area contributed by atoms with E-state index in [0.717, 1.165) is 0 Å². The Labute approximate surface area is 234 Å². The molecule has 212 valence electrons. The van der Waals surface area contributed by atoms with Crippen LogP contribution in [0.4, 0.5) is 10.2 Å². The fraction of sp³-hybridized carbons (Fsp3) is 0.478. The molecule has 1 aliphatic rings. The zero-order valence-corrected chi connectivity index (χ0v) is 24.0. The van der Waals surface area contributed by atoms with Gasteiger partial charge in [0.1, 0.15) is 29.3 Å². The summed E-state index contributed by atoms with van der Waals surface area (Å²) in [5.41, 5.74) is -1.01. The summed E-state index contributed by atoms with van der Waals surface area (Å²) in [6.45, 7) is -0.729. The first kappa shape index (κ1) is 29.5. The number of hydrogen-bond acceptors (Lipinski definition) is 11. The Morgan fingerprint density at radius 2 is 2.10 bits per heavy atom. The van der Waals surface area contributed by atoms with Gasteiger partial charge in [-0.15, -0.1) is 11.6 Å². The van der Waals surface area contributed by atoms with Gasteiger partial charge >= 0.3 is 12.6 Å². The largest absolute Gasteiger partial charge is 0.468 e. The highest BCUT2D eigenvalue weighted by atomic mass is 35.5. The van der Waals surface area contributed by atoms with E-state index in [1.165, 1.54) is 24.9 Å². The van der Waals surface area contributed by atoms with Crippen LogP contribution in [-0.4, -0.2) is 81.2 Å². The minimum absolute atomic E-state index is 0.309. The molecule has 3 aromatic rings. The van der Waals surface area contributed by atoms with Gasteiger partial charge in [0.05, 0.1) is 25.9 Å². The number of carbonyl (C=O) groups excluding carboxylic acids is 1. The van der Waals surface area contributed by atoms with E-state index in [4.69, 9.17) is 41.9 Å². The molecule has 0 spiro atoms. The number of nitrogens with zero attached hydrogens (tertiary/aromatic N) is 4. The maximum Gasteiger partial charge on any atom is 0.323 e. The molecule has 16 heteroatoms. The number of aromatic nitrogens is 4. The van der Waals surface area contributed by atoms with Crippen molar-refractivity contribution in [1.29, 1.82) is 0 Å². The molecule has 0 aliphatic carbocycles.